The van der Waals surface area contributed by atoms with Gasteiger partial charge in [0.25, 0.3) is 0 Å². The lowest BCUT2D eigenvalue weighted by molar-refractivity contribution is 0.0815. The average molecular weight is 449 g/mol. The molecule has 162 valence electrons. The Morgan fingerprint density at radius 3 is 2.38 bits per heavy atom. The Balaban J connectivity index is 1.86. The SMILES string of the molecule is COc1ccc(-c2oc3cc(C)c(Cl)cc3c(=O)c2OC(C)C(=O)c2ccccc2)cc1. The summed E-state index contributed by atoms with van der Waals surface area (Å²) in [6.45, 7) is 3.44. The summed E-state index contributed by atoms with van der Waals surface area (Å²) >= 11 is 6.25. The van der Waals surface area contributed by atoms with E-state index in [4.69, 9.17) is 25.5 Å². The van der Waals surface area contributed by atoms with Crippen LogP contribution < -0.4 is 14.9 Å². The van der Waals surface area contributed by atoms with Gasteiger partial charge in [-0.3, -0.25) is 9.59 Å². The Morgan fingerprint density at radius 1 is 1.03 bits per heavy atom. The maximum atomic E-state index is 13.4. The molecule has 0 N–H and O–H groups in total. The van der Waals surface area contributed by atoms with Crippen LogP contribution in [0.1, 0.15) is 22.8 Å². The van der Waals surface area contributed by atoms with Crippen LogP contribution in [0.3, 0.4) is 0 Å². The fourth-order valence-corrected chi connectivity index (χ4v) is 3.57. The van der Waals surface area contributed by atoms with E-state index in [1.165, 1.54) is 0 Å². The van der Waals surface area contributed by atoms with E-state index in [1.807, 2.05) is 13.0 Å². The van der Waals surface area contributed by atoms with Gasteiger partial charge in [-0.05, 0) is 55.8 Å². The zero-order valence-electron chi connectivity index (χ0n) is 17.8. The first-order chi connectivity index (χ1) is 15.4. The van der Waals surface area contributed by atoms with Crippen molar-refractivity contribution in [1.82, 2.24) is 0 Å². The van der Waals surface area contributed by atoms with Crippen LogP contribution in [0, 0.1) is 6.92 Å². The molecule has 1 atom stereocenters. The summed E-state index contributed by atoms with van der Waals surface area (Å²) < 4.78 is 17.3. The molecule has 0 aliphatic heterocycles. The van der Waals surface area contributed by atoms with E-state index in [1.54, 1.807) is 74.7 Å². The Labute approximate surface area is 190 Å². The summed E-state index contributed by atoms with van der Waals surface area (Å²) in [7, 11) is 1.57. The van der Waals surface area contributed by atoms with Crippen molar-refractivity contribution in [2.75, 3.05) is 7.11 Å². The molecule has 0 saturated heterocycles. The lowest BCUT2D eigenvalue weighted by atomic mass is 10.1. The third-order valence-electron chi connectivity index (χ3n) is 5.20. The molecule has 4 rings (SSSR count). The van der Waals surface area contributed by atoms with Crippen molar-refractivity contribution in [1.29, 1.82) is 0 Å². The van der Waals surface area contributed by atoms with Gasteiger partial charge in [-0.2, -0.15) is 0 Å². The van der Waals surface area contributed by atoms with E-state index in [9.17, 15) is 9.59 Å². The Hall–Kier alpha value is -3.57. The van der Waals surface area contributed by atoms with Gasteiger partial charge in [0.05, 0.1) is 12.5 Å². The Morgan fingerprint density at radius 2 is 1.72 bits per heavy atom. The highest BCUT2D eigenvalue weighted by atomic mass is 35.5. The van der Waals surface area contributed by atoms with Gasteiger partial charge in [0.2, 0.25) is 17.0 Å². The zero-order valence-corrected chi connectivity index (χ0v) is 18.6. The van der Waals surface area contributed by atoms with Gasteiger partial charge in [0, 0.05) is 16.1 Å². The van der Waals surface area contributed by atoms with Crippen molar-refractivity contribution >= 4 is 28.4 Å². The summed E-state index contributed by atoms with van der Waals surface area (Å²) in [4.78, 5) is 26.3. The summed E-state index contributed by atoms with van der Waals surface area (Å²) in [5.74, 6) is 0.612. The molecular formula is C26H21ClO5. The molecule has 32 heavy (non-hydrogen) atoms. The van der Waals surface area contributed by atoms with Crippen molar-refractivity contribution in [3.8, 4) is 22.8 Å². The molecule has 0 bridgehead atoms. The first-order valence-electron chi connectivity index (χ1n) is 10.1. The summed E-state index contributed by atoms with van der Waals surface area (Å²) in [5.41, 5.74) is 1.88. The fraction of sp³-hybridized carbons (Fsp3) is 0.154. The highest BCUT2D eigenvalue weighted by Gasteiger charge is 2.24. The van der Waals surface area contributed by atoms with Crippen LogP contribution in [-0.4, -0.2) is 19.0 Å². The number of Topliss-reactive ketones (excluding diaryl/α,β-unsaturated/α-hetero) is 1. The first-order valence-corrected chi connectivity index (χ1v) is 10.4. The van der Waals surface area contributed by atoms with Gasteiger partial charge in [-0.25, -0.2) is 0 Å². The number of hydrogen-bond donors (Lipinski definition) is 0. The molecule has 0 radical (unpaired) electrons. The zero-order chi connectivity index (χ0) is 22.8. The largest absolute Gasteiger partial charge is 0.497 e. The standard InChI is InChI=1S/C26H21ClO5/c1-15-13-22-20(14-21(15)27)24(29)26(25(32-22)18-9-11-19(30-3)12-10-18)31-16(2)23(28)17-7-5-4-6-8-17/h4-14,16H,1-3H3. The van der Waals surface area contributed by atoms with E-state index in [0.29, 0.717) is 27.5 Å². The molecule has 3 aromatic carbocycles. The van der Waals surface area contributed by atoms with E-state index >= 15 is 0 Å². The lowest BCUT2D eigenvalue weighted by Gasteiger charge is -2.17. The van der Waals surface area contributed by atoms with Crippen molar-refractivity contribution in [3.05, 3.63) is 93.1 Å². The number of halogens is 1. The molecule has 4 aromatic rings. The topological polar surface area (TPSA) is 65.7 Å². The number of carbonyl (C=O) groups is 1. The second-order valence-electron chi connectivity index (χ2n) is 7.41. The minimum absolute atomic E-state index is 0.0423. The first kappa shape index (κ1) is 21.7. The molecule has 1 unspecified atom stereocenters. The van der Waals surface area contributed by atoms with Gasteiger partial charge in [-0.15, -0.1) is 0 Å². The van der Waals surface area contributed by atoms with Crippen molar-refractivity contribution < 1.29 is 18.7 Å². The summed E-state index contributed by atoms with van der Waals surface area (Å²) in [6.07, 6.45) is -0.907. The van der Waals surface area contributed by atoms with Crippen molar-refractivity contribution in [2.24, 2.45) is 0 Å². The monoisotopic (exact) mass is 448 g/mol. The van der Waals surface area contributed by atoms with Crippen molar-refractivity contribution in [2.45, 2.75) is 20.0 Å². The molecular weight excluding hydrogens is 428 g/mol. The maximum absolute atomic E-state index is 13.4. The van der Waals surface area contributed by atoms with Crippen LogP contribution in [-0.2, 0) is 0 Å². The normalized spacial score (nSPS) is 11.9. The van der Waals surface area contributed by atoms with Crippen LogP contribution >= 0.6 is 11.6 Å². The van der Waals surface area contributed by atoms with E-state index < -0.39 is 11.5 Å². The maximum Gasteiger partial charge on any atom is 0.235 e. The minimum Gasteiger partial charge on any atom is -0.497 e. The van der Waals surface area contributed by atoms with Gasteiger partial charge >= 0.3 is 0 Å². The van der Waals surface area contributed by atoms with E-state index in [2.05, 4.69) is 0 Å². The highest BCUT2D eigenvalue weighted by molar-refractivity contribution is 6.32. The molecule has 1 heterocycles. The van der Waals surface area contributed by atoms with E-state index in [0.717, 1.165) is 5.56 Å². The number of fused-ring (bicyclic) bond motifs is 1. The van der Waals surface area contributed by atoms with Crippen LogP contribution in [0.15, 0.2) is 75.9 Å². The number of methoxy groups -OCH3 is 1. The number of ether oxygens (including phenoxy) is 2. The second kappa shape index (κ2) is 8.89. The van der Waals surface area contributed by atoms with Gasteiger partial charge < -0.3 is 13.9 Å². The van der Waals surface area contributed by atoms with Gasteiger partial charge in [0.1, 0.15) is 11.3 Å². The third kappa shape index (κ3) is 4.12. The molecule has 6 heteroatoms. The number of ketones is 1. The third-order valence-corrected chi connectivity index (χ3v) is 5.61. The summed E-state index contributed by atoms with van der Waals surface area (Å²) in [5, 5.41) is 0.730. The predicted octanol–water partition coefficient (Wildman–Crippen LogP) is 6.08. The number of hydrogen-bond acceptors (Lipinski definition) is 5. The number of aryl methyl sites for hydroxylation is 1. The van der Waals surface area contributed by atoms with Crippen LogP contribution in [0.25, 0.3) is 22.3 Å². The van der Waals surface area contributed by atoms with Crippen LogP contribution in [0.4, 0.5) is 0 Å². The molecule has 1 aromatic heterocycles. The van der Waals surface area contributed by atoms with Gasteiger partial charge in [0.15, 0.2) is 11.9 Å². The smallest absolute Gasteiger partial charge is 0.235 e. The van der Waals surface area contributed by atoms with E-state index in [-0.39, 0.29) is 22.7 Å². The van der Waals surface area contributed by atoms with Crippen LogP contribution in [0.5, 0.6) is 11.5 Å². The highest BCUT2D eigenvalue weighted by Crippen LogP contribution is 2.34. The Kier molecular flexibility index (Phi) is 6.01. The number of benzene rings is 3. The molecule has 0 amide bonds. The number of carbonyl (C=O) groups excluding carboxylic acids is 1. The lowest BCUT2D eigenvalue weighted by Crippen LogP contribution is -2.26. The van der Waals surface area contributed by atoms with Crippen LogP contribution in [0.2, 0.25) is 5.02 Å². The molecule has 0 aliphatic rings. The molecule has 5 nitrogen and oxygen atoms in total. The minimum atomic E-state index is -0.907. The molecule has 0 fully saturated rings. The summed E-state index contributed by atoms with van der Waals surface area (Å²) in [6, 6.07) is 19.1. The quantitative estimate of drug-likeness (QED) is 0.334. The number of rotatable bonds is 6. The average Bonchev–Trinajstić information content (AvgIpc) is 2.82. The molecule has 0 aliphatic carbocycles. The van der Waals surface area contributed by atoms with Gasteiger partial charge in [-0.1, -0.05) is 41.9 Å². The predicted molar refractivity (Wildman–Crippen MR) is 125 cm³/mol. The van der Waals surface area contributed by atoms with Crippen molar-refractivity contribution in [3.63, 3.8) is 0 Å². The fourth-order valence-electron chi connectivity index (χ4n) is 3.41. The molecule has 0 spiro atoms. The second-order valence-corrected chi connectivity index (χ2v) is 7.81. The Bertz CT molecular complexity index is 1340. The molecule has 0 saturated carbocycles.